The van der Waals surface area contributed by atoms with Gasteiger partial charge in [0.1, 0.15) is 11.9 Å². The van der Waals surface area contributed by atoms with E-state index in [1.54, 1.807) is 12.3 Å². The van der Waals surface area contributed by atoms with Crippen molar-refractivity contribution in [3.05, 3.63) is 23.9 Å². The Bertz CT molecular complexity index is 412. The molecule has 5 nitrogen and oxygen atoms in total. The molecule has 2 heterocycles. The molecule has 0 aromatic carbocycles. The van der Waals surface area contributed by atoms with Crippen molar-refractivity contribution in [1.29, 1.82) is 5.26 Å². The molecule has 1 aromatic heterocycles. The van der Waals surface area contributed by atoms with E-state index in [1.807, 2.05) is 6.07 Å². The van der Waals surface area contributed by atoms with Crippen molar-refractivity contribution in [3.63, 3.8) is 0 Å². The summed E-state index contributed by atoms with van der Waals surface area (Å²) in [7, 11) is 0. The smallest absolute Gasteiger partial charge is 0.128 e. The lowest BCUT2D eigenvalue weighted by molar-refractivity contribution is 0.204. The first kappa shape index (κ1) is 12.8. The predicted molar refractivity (Wildman–Crippen MR) is 69.3 cm³/mol. The lowest BCUT2D eigenvalue weighted by Gasteiger charge is -2.22. The number of hydrogen-bond acceptors (Lipinski definition) is 5. The molecule has 5 heteroatoms. The molecule has 0 spiro atoms. The van der Waals surface area contributed by atoms with Gasteiger partial charge in [0.15, 0.2) is 0 Å². The summed E-state index contributed by atoms with van der Waals surface area (Å²) in [5, 5.41) is 17.7. The highest BCUT2D eigenvalue weighted by atomic mass is 16.3. The van der Waals surface area contributed by atoms with Crippen LogP contribution in [0.25, 0.3) is 0 Å². The quantitative estimate of drug-likeness (QED) is 0.839. The van der Waals surface area contributed by atoms with Crippen LogP contribution in [0, 0.1) is 11.3 Å². The summed E-state index contributed by atoms with van der Waals surface area (Å²) in [5.74, 6) is 0.930. The summed E-state index contributed by atoms with van der Waals surface area (Å²) >= 11 is 0. The molecular formula is C13H18N4O. The van der Waals surface area contributed by atoms with Gasteiger partial charge in [0.25, 0.3) is 0 Å². The Morgan fingerprint density at radius 2 is 2.17 bits per heavy atom. The van der Waals surface area contributed by atoms with Gasteiger partial charge in [-0.2, -0.15) is 5.26 Å². The number of pyridine rings is 1. The minimum atomic E-state index is 0.217. The van der Waals surface area contributed by atoms with E-state index < -0.39 is 0 Å². The summed E-state index contributed by atoms with van der Waals surface area (Å²) in [6.07, 6.45) is 2.69. The first-order valence-electron chi connectivity index (χ1n) is 6.28. The lowest BCUT2D eigenvalue weighted by Crippen LogP contribution is -2.32. The van der Waals surface area contributed by atoms with E-state index in [0.717, 1.165) is 45.0 Å². The summed E-state index contributed by atoms with van der Waals surface area (Å²) in [5.41, 5.74) is 0.593. The summed E-state index contributed by atoms with van der Waals surface area (Å²) in [6, 6.07) is 5.78. The first-order chi connectivity index (χ1) is 8.83. The number of aliphatic hydroxyl groups excluding tert-OH is 1. The fourth-order valence-corrected chi connectivity index (χ4v) is 2.20. The van der Waals surface area contributed by atoms with Crippen LogP contribution in [0.1, 0.15) is 12.0 Å². The molecule has 0 radical (unpaired) electrons. The molecule has 96 valence electrons. The van der Waals surface area contributed by atoms with Crippen molar-refractivity contribution < 1.29 is 5.11 Å². The fraction of sp³-hybridized carbons (Fsp3) is 0.538. The molecular weight excluding hydrogens is 228 g/mol. The zero-order chi connectivity index (χ0) is 12.8. The lowest BCUT2D eigenvalue weighted by atomic mass is 10.3. The number of nitrogens with zero attached hydrogens (tertiary/aromatic N) is 4. The molecule has 0 amide bonds. The minimum Gasteiger partial charge on any atom is -0.395 e. The molecule has 0 saturated carbocycles. The highest BCUT2D eigenvalue weighted by molar-refractivity contribution is 5.41. The van der Waals surface area contributed by atoms with E-state index in [0.29, 0.717) is 5.56 Å². The third kappa shape index (κ3) is 3.19. The van der Waals surface area contributed by atoms with E-state index in [1.165, 1.54) is 0 Å². The largest absolute Gasteiger partial charge is 0.395 e. The van der Waals surface area contributed by atoms with Gasteiger partial charge in [-0.05, 0) is 25.1 Å². The number of aliphatic hydroxyl groups is 1. The maximum Gasteiger partial charge on any atom is 0.128 e. The van der Waals surface area contributed by atoms with Gasteiger partial charge in [0.05, 0.1) is 12.2 Å². The molecule has 1 saturated heterocycles. The van der Waals surface area contributed by atoms with Crippen molar-refractivity contribution in [1.82, 2.24) is 9.88 Å². The van der Waals surface area contributed by atoms with Gasteiger partial charge in [0.2, 0.25) is 0 Å². The van der Waals surface area contributed by atoms with E-state index >= 15 is 0 Å². The number of rotatable bonds is 3. The zero-order valence-corrected chi connectivity index (χ0v) is 10.4. The Labute approximate surface area is 107 Å². The van der Waals surface area contributed by atoms with Crippen LogP contribution in [0.2, 0.25) is 0 Å². The van der Waals surface area contributed by atoms with Gasteiger partial charge in [0, 0.05) is 32.4 Å². The maximum absolute atomic E-state index is 8.95. The van der Waals surface area contributed by atoms with Crippen LogP contribution >= 0.6 is 0 Å². The highest BCUT2D eigenvalue weighted by Gasteiger charge is 2.15. The SMILES string of the molecule is N#Cc1ccc(N2CCCN(CCO)CC2)nc1. The monoisotopic (exact) mass is 246 g/mol. The molecule has 0 aliphatic carbocycles. The third-order valence-corrected chi connectivity index (χ3v) is 3.21. The molecule has 0 unspecified atom stereocenters. The van der Waals surface area contributed by atoms with Crippen molar-refractivity contribution in [2.45, 2.75) is 6.42 Å². The second-order valence-corrected chi connectivity index (χ2v) is 4.42. The normalized spacial score (nSPS) is 17.2. The standard InChI is InChI=1S/C13H18N4O/c14-10-12-2-3-13(15-11-12)17-5-1-4-16(6-7-17)8-9-18/h2-3,11,18H,1,4-9H2. The van der Waals surface area contributed by atoms with Gasteiger partial charge < -0.3 is 10.0 Å². The average molecular weight is 246 g/mol. The number of anilines is 1. The third-order valence-electron chi connectivity index (χ3n) is 3.21. The molecule has 1 N–H and O–H groups in total. The molecule has 1 aliphatic rings. The summed E-state index contributed by atoms with van der Waals surface area (Å²) < 4.78 is 0. The molecule has 1 fully saturated rings. The Morgan fingerprint density at radius 3 is 2.83 bits per heavy atom. The Balaban J connectivity index is 1.98. The molecule has 0 atom stereocenters. The number of nitriles is 1. The Kier molecular flexibility index (Phi) is 4.51. The average Bonchev–Trinajstić information content (AvgIpc) is 2.65. The fourth-order valence-electron chi connectivity index (χ4n) is 2.20. The number of aromatic nitrogens is 1. The van der Waals surface area contributed by atoms with Gasteiger partial charge in [-0.1, -0.05) is 0 Å². The van der Waals surface area contributed by atoms with Crippen molar-refractivity contribution in [2.75, 3.05) is 44.2 Å². The van der Waals surface area contributed by atoms with Crippen LogP contribution < -0.4 is 4.90 Å². The van der Waals surface area contributed by atoms with E-state index in [9.17, 15) is 0 Å². The Hall–Kier alpha value is -1.64. The Morgan fingerprint density at radius 1 is 1.28 bits per heavy atom. The van der Waals surface area contributed by atoms with Crippen LogP contribution in [0.15, 0.2) is 18.3 Å². The second-order valence-electron chi connectivity index (χ2n) is 4.42. The van der Waals surface area contributed by atoms with Gasteiger partial charge in [-0.15, -0.1) is 0 Å². The van der Waals surface area contributed by atoms with E-state index in [2.05, 4.69) is 20.9 Å². The first-order valence-corrected chi connectivity index (χ1v) is 6.28. The second kappa shape index (κ2) is 6.34. The van der Waals surface area contributed by atoms with Crippen LogP contribution in [-0.2, 0) is 0 Å². The summed E-state index contributed by atoms with van der Waals surface area (Å²) in [6.45, 7) is 4.82. The maximum atomic E-state index is 8.95. The van der Waals surface area contributed by atoms with Gasteiger partial charge in [-0.3, -0.25) is 4.90 Å². The topological polar surface area (TPSA) is 63.4 Å². The van der Waals surface area contributed by atoms with Crippen molar-refractivity contribution in [2.24, 2.45) is 0 Å². The van der Waals surface area contributed by atoms with Crippen LogP contribution in [0.5, 0.6) is 0 Å². The molecule has 0 bridgehead atoms. The van der Waals surface area contributed by atoms with E-state index in [4.69, 9.17) is 10.4 Å². The van der Waals surface area contributed by atoms with Gasteiger partial charge >= 0.3 is 0 Å². The van der Waals surface area contributed by atoms with Gasteiger partial charge in [-0.25, -0.2) is 4.98 Å². The summed E-state index contributed by atoms with van der Waals surface area (Å²) in [4.78, 5) is 8.82. The number of β-amino-alcohol motifs (C(OH)–C–C–N with tert-alkyl or cyclic N) is 1. The molecule has 18 heavy (non-hydrogen) atoms. The van der Waals surface area contributed by atoms with Crippen LogP contribution in [0.3, 0.4) is 0 Å². The predicted octanol–water partition coefficient (Wildman–Crippen LogP) is 0.458. The molecule has 2 rings (SSSR count). The highest BCUT2D eigenvalue weighted by Crippen LogP contribution is 2.13. The van der Waals surface area contributed by atoms with Crippen molar-refractivity contribution >= 4 is 5.82 Å². The number of hydrogen-bond donors (Lipinski definition) is 1. The van der Waals surface area contributed by atoms with Crippen LogP contribution in [-0.4, -0.2) is 54.3 Å². The van der Waals surface area contributed by atoms with Crippen LogP contribution in [0.4, 0.5) is 5.82 Å². The molecule has 1 aromatic rings. The van der Waals surface area contributed by atoms with Crippen molar-refractivity contribution in [3.8, 4) is 6.07 Å². The zero-order valence-electron chi connectivity index (χ0n) is 10.4. The molecule has 1 aliphatic heterocycles. The van der Waals surface area contributed by atoms with E-state index in [-0.39, 0.29) is 6.61 Å². The minimum absolute atomic E-state index is 0.217.